The van der Waals surface area contributed by atoms with Gasteiger partial charge in [-0.05, 0) is 44.0 Å². The third kappa shape index (κ3) is 5.34. The summed E-state index contributed by atoms with van der Waals surface area (Å²) in [5, 5.41) is 2.75. The lowest BCUT2D eigenvalue weighted by Gasteiger charge is -2.15. The average Bonchev–Trinajstić information content (AvgIpc) is 2.62. The van der Waals surface area contributed by atoms with Crippen molar-refractivity contribution < 1.29 is 19.1 Å². The first-order valence-corrected chi connectivity index (χ1v) is 8.65. The summed E-state index contributed by atoms with van der Waals surface area (Å²) < 4.78 is 10.5. The molecule has 2 aromatic carbocycles. The highest BCUT2D eigenvalue weighted by molar-refractivity contribution is 5.95. The van der Waals surface area contributed by atoms with Crippen LogP contribution in [-0.4, -0.2) is 25.1 Å². The number of nitrogens with one attached hydrogen (secondary N) is 1. The fraction of sp³-hybridized carbons (Fsp3) is 0.333. The number of anilines is 1. The molecular formula is C21H25NO4. The van der Waals surface area contributed by atoms with Gasteiger partial charge in [0, 0.05) is 11.3 Å². The van der Waals surface area contributed by atoms with Gasteiger partial charge in [-0.1, -0.05) is 36.8 Å². The SMILES string of the molecule is CCc1ccc(NC(=O)[C@@H](C)OC(=O)Cc2cc(C)ccc2OC)cc1. The highest BCUT2D eigenvalue weighted by Crippen LogP contribution is 2.20. The highest BCUT2D eigenvalue weighted by Gasteiger charge is 2.19. The topological polar surface area (TPSA) is 64.6 Å². The van der Waals surface area contributed by atoms with Gasteiger partial charge in [0.1, 0.15) is 5.75 Å². The van der Waals surface area contributed by atoms with E-state index in [-0.39, 0.29) is 12.3 Å². The molecule has 26 heavy (non-hydrogen) atoms. The van der Waals surface area contributed by atoms with Crippen molar-refractivity contribution in [3.63, 3.8) is 0 Å². The summed E-state index contributed by atoms with van der Waals surface area (Å²) in [6, 6.07) is 13.2. The summed E-state index contributed by atoms with van der Waals surface area (Å²) in [5.41, 5.74) is 3.63. The molecule has 0 aliphatic carbocycles. The minimum atomic E-state index is -0.885. The van der Waals surface area contributed by atoms with E-state index in [0.29, 0.717) is 11.4 Å². The Labute approximate surface area is 154 Å². The molecule has 2 aromatic rings. The highest BCUT2D eigenvalue weighted by atomic mass is 16.5. The second kappa shape index (κ2) is 9.04. The van der Waals surface area contributed by atoms with Crippen LogP contribution in [0.2, 0.25) is 0 Å². The molecule has 0 radical (unpaired) electrons. The van der Waals surface area contributed by atoms with Crippen LogP contribution in [0.15, 0.2) is 42.5 Å². The zero-order valence-electron chi connectivity index (χ0n) is 15.7. The zero-order chi connectivity index (χ0) is 19.1. The Kier molecular flexibility index (Phi) is 6.78. The Morgan fingerprint density at radius 3 is 2.42 bits per heavy atom. The van der Waals surface area contributed by atoms with Gasteiger partial charge in [0.25, 0.3) is 5.91 Å². The Balaban J connectivity index is 1.93. The van der Waals surface area contributed by atoms with Crippen molar-refractivity contribution in [3.8, 4) is 5.75 Å². The first-order valence-electron chi connectivity index (χ1n) is 8.65. The average molecular weight is 355 g/mol. The first kappa shape index (κ1) is 19.5. The summed E-state index contributed by atoms with van der Waals surface area (Å²) >= 11 is 0. The predicted molar refractivity (Wildman–Crippen MR) is 101 cm³/mol. The lowest BCUT2D eigenvalue weighted by molar-refractivity contribution is -0.152. The van der Waals surface area contributed by atoms with Gasteiger partial charge in [0.05, 0.1) is 13.5 Å². The fourth-order valence-electron chi connectivity index (χ4n) is 2.56. The third-order valence-electron chi connectivity index (χ3n) is 4.08. The van der Waals surface area contributed by atoms with Gasteiger partial charge in [0.15, 0.2) is 6.10 Å². The van der Waals surface area contributed by atoms with Gasteiger partial charge in [-0.2, -0.15) is 0 Å². The van der Waals surface area contributed by atoms with E-state index in [9.17, 15) is 9.59 Å². The van der Waals surface area contributed by atoms with E-state index in [1.54, 1.807) is 14.0 Å². The van der Waals surface area contributed by atoms with E-state index in [1.807, 2.05) is 49.4 Å². The Bertz CT molecular complexity index is 768. The van der Waals surface area contributed by atoms with Crippen molar-refractivity contribution in [2.45, 2.75) is 39.7 Å². The number of ether oxygens (including phenoxy) is 2. The lowest BCUT2D eigenvalue weighted by atomic mass is 10.1. The molecule has 0 fully saturated rings. The number of hydrogen-bond donors (Lipinski definition) is 1. The number of carbonyl (C=O) groups excluding carboxylic acids is 2. The van der Waals surface area contributed by atoms with E-state index >= 15 is 0 Å². The maximum atomic E-state index is 12.2. The maximum absolute atomic E-state index is 12.2. The number of carbonyl (C=O) groups is 2. The molecule has 1 N–H and O–H groups in total. The maximum Gasteiger partial charge on any atom is 0.311 e. The van der Waals surface area contributed by atoms with Gasteiger partial charge in [-0.15, -0.1) is 0 Å². The number of methoxy groups -OCH3 is 1. The van der Waals surface area contributed by atoms with Crippen LogP contribution in [0, 0.1) is 6.92 Å². The molecule has 5 heteroatoms. The Morgan fingerprint density at radius 2 is 1.81 bits per heavy atom. The molecule has 1 atom stereocenters. The zero-order valence-corrected chi connectivity index (χ0v) is 15.7. The smallest absolute Gasteiger partial charge is 0.311 e. The van der Waals surface area contributed by atoms with Crippen molar-refractivity contribution in [1.29, 1.82) is 0 Å². The molecule has 2 rings (SSSR count). The molecule has 0 bridgehead atoms. The minimum Gasteiger partial charge on any atom is -0.496 e. The van der Waals surface area contributed by atoms with E-state index in [2.05, 4.69) is 12.2 Å². The second-order valence-electron chi connectivity index (χ2n) is 6.16. The normalized spacial score (nSPS) is 11.5. The number of esters is 1. The number of aryl methyl sites for hydroxylation is 2. The molecule has 0 saturated heterocycles. The monoisotopic (exact) mass is 355 g/mol. The van der Waals surface area contributed by atoms with Crippen LogP contribution in [-0.2, 0) is 27.2 Å². The van der Waals surface area contributed by atoms with E-state index in [4.69, 9.17) is 9.47 Å². The minimum absolute atomic E-state index is 0.0493. The molecule has 0 spiro atoms. The lowest BCUT2D eigenvalue weighted by Crippen LogP contribution is -2.30. The molecule has 1 amide bonds. The van der Waals surface area contributed by atoms with Crippen LogP contribution in [0.3, 0.4) is 0 Å². The first-order chi connectivity index (χ1) is 12.4. The van der Waals surface area contributed by atoms with Crippen LogP contribution in [0.5, 0.6) is 5.75 Å². The van der Waals surface area contributed by atoms with Crippen LogP contribution in [0.1, 0.15) is 30.5 Å². The molecule has 0 aliphatic heterocycles. The van der Waals surface area contributed by atoms with E-state index in [0.717, 1.165) is 17.5 Å². The molecule has 138 valence electrons. The third-order valence-corrected chi connectivity index (χ3v) is 4.08. The second-order valence-corrected chi connectivity index (χ2v) is 6.16. The quantitative estimate of drug-likeness (QED) is 0.770. The number of benzene rings is 2. The molecule has 0 saturated carbocycles. The fourth-order valence-corrected chi connectivity index (χ4v) is 2.56. The van der Waals surface area contributed by atoms with Gasteiger partial charge in [-0.3, -0.25) is 9.59 Å². The van der Waals surface area contributed by atoms with Crippen LogP contribution < -0.4 is 10.1 Å². The molecule has 0 heterocycles. The van der Waals surface area contributed by atoms with Gasteiger partial charge < -0.3 is 14.8 Å². The number of hydrogen-bond acceptors (Lipinski definition) is 4. The summed E-state index contributed by atoms with van der Waals surface area (Å²) in [4.78, 5) is 24.4. The summed E-state index contributed by atoms with van der Waals surface area (Å²) in [6.07, 6.45) is 0.0994. The van der Waals surface area contributed by atoms with Crippen LogP contribution in [0.25, 0.3) is 0 Å². The largest absolute Gasteiger partial charge is 0.496 e. The van der Waals surface area contributed by atoms with Crippen molar-refractivity contribution in [2.75, 3.05) is 12.4 Å². The van der Waals surface area contributed by atoms with Crippen LogP contribution >= 0.6 is 0 Å². The van der Waals surface area contributed by atoms with Crippen molar-refractivity contribution in [3.05, 3.63) is 59.2 Å². The molecule has 0 unspecified atom stereocenters. The van der Waals surface area contributed by atoms with Gasteiger partial charge in [-0.25, -0.2) is 0 Å². The Hall–Kier alpha value is -2.82. The summed E-state index contributed by atoms with van der Waals surface area (Å²) in [5.74, 6) is -0.211. The predicted octanol–water partition coefficient (Wildman–Crippen LogP) is 3.68. The number of rotatable bonds is 7. The van der Waals surface area contributed by atoms with Crippen LogP contribution in [0.4, 0.5) is 5.69 Å². The van der Waals surface area contributed by atoms with E-state index in [1.165, 1.54) is 5.56 Å². The van der Waals surface area contributed by atoms with Crippen molar-refractivity contribution in [1.82, 2.24) is 0 Å². The van der Waals surface area contributed by atoms with Gasteiger partial charge in [0.2, 0.25) is 0 Å². The molecular weight excluding hydrogens is 330 g/mol. The molecule has 5 nitrogen and oxygen atoms in total. The molecule has 0 aromatic heterocycles. The summed E-state index contributed by atoms with van der Waals surface area (Å²) in [6.45, 7) is 5.56. The standard InChI is InChI=1S/C21H25NO4/c1-5-16-7-9-18(10-8-16)22-21(24)15(3)26-20(23)13-17-12-14(2)6-11-19(17)25-4/h6-12,15H,5,13H2,1-4H3,(H,22,24)/t15-/m1/s1. The Morgan fingerprint density at radius 1 is 1.12 bits per heavy atom. The van der Waals surface area contributed by atoms with Crippen molar-refractivity contribution in [2.24, 2.45) is 0 Å². The number of amides is 1. The summed E-state index contributed by atoms with van der Waals surface area (Å²) in [7, 11) is 1.55. The van der Waals surface area contributed by atoms with E-state index < -0.39 is 12.1 Å². The van der Waals surface area contributed by atoms with Gasteiger partial charge >= 0.3 is 5.97 Å². The molecule has 0 aliphatic rings. The van der Waals surface area contributed by atoms with Crippen molar-refractivity contribution >= 4 is 17.6 Å².